The number of aromatic nitrogens is 4. The summed E-state index contributed by atoms with van der Waals surface area (Å²) in [5.74, 6) is 0. The Morgan fingerprint density at radius 2 is 1.78 bits per heavy atom. The van der Waals surface area contributed by atoms with Gasteiger partial charge in [-0.3, -0.25) is 14.3 Å². The molecular formula is C25H25ClF3N5O2. The molecule has 0 atom stereocenters. The molecule has 1 aliphatic carbocycles. The van der Waals surface area contributed by atoms with E-state index in [1.807, 2.05) is 24.3 Å². The van der Waals surface area contributed by atoms with E-state index in [1.165, 1.54) is 0 Å². The monoisotopic (exact) mass is 519 g/mol. The van der Waals surface area contributed by atoms with Gasteiger partial charge in [-0.15, -0.1) is 12.4 Å². The van der Waals surface area contributed by atoms with Crippen LogP contribution < -0.4 is 11.3 Å². The van der Waals surface area contributed by atoms with Crippen LogP contribution in [0.25, 0.3) is 33.5 Å². The Bertz CT molecular complexity index is 1470. The highest BCUT2D eigenvalue weighted by molar-refractivity contribution is 6.01. The van der Waals surface area contributed by atoms with E-state index in [0.29, 0.717) is 34.4 Å². The summed E-state index contributed by atoms with van der Waals surface area (Å²) in [5.41, 5.74) is 7.59. The van der Waals surface area contributed by atoms with Crippen LogP contribution in [0, 0.1) is 0 Å². The summed E-state index contributed by atoms with van der Waals surface area (Å²) in [6.45, 7) is 0.317. The molecule has 0 radical (unpaired) electrons. The molecule has 1 saturated carbocycles. The minimum atomic E-state index is -4.57. The van der Waals surface area contributed by atoms with E-state index < -0.39 is 29.4 Å². The van der Waals surface area contributed by atoms with E-state index in [9.17, 15) is 23.1 Å². The second-order valence-corrected chi connectivity index (χ2v) is 9.57. The van der Waals surface area contributed by atoms with Gasteiger partial charge in [-0.25, -0.2) is 4.98 Å². The summed E-state index contributed by atoms with van der Waals surface area (Å²) in [6, 6.07) is 12.6. The minimum Gasteiger partial charge on any atom is -0.390 e. The third-order valence-electron chi connectivity index (χ3n) is 6.55. The largest absolute Gasteiger partial charge is 0.406 e. The molecular weight excluding hydrogens is 495 g/mol. The second kappa shape index (κ2) is 8.72. The maximum Gasteiger partial charge on any atom is 0.406 e. The number of aliphatic hydroxyl groups is 1. The number of nitrogens with two attached hydrogens (primary N) is 1. The zero-order valence-corrected chi connectivity index (χ0v) is 20.4. The number of rotatable bonds is 4. The summed E-state index contributed by atoms with van der Waals surface area (Å²) in [6.07, 6.45) is -1.20. The number of halogens is 4. The van der Waals surface area contributed by atoms with E-state index in [0.717, 1.165) is 17.5 Å². The first-order valence-electron chi connectivity index (χ1n) is 11.1. The first kappa shape index (κ1) is 25.9. The first-order chi connectivity index (χ1) is 16.4. The van der Waals surface area contributed by atoms with Gasteiger partial charge in [-0.2, -0.15) is 13.2 Å². The lowest BCUT2D eigenvalue weighted by molar-refractivity contribution is -0.141. The fraction of sp³-hybridized carbons (Fsp3) is 0.320. The summed E-state index contributed by atoms with van der Waals surface area (Å²) < 4.78 is 41.5. The van der Waals surface area contributed by atoms with Gasteiger partial charge in [0, 0.05) is 24.3 Å². The lowest BCUT2D eigenvalue weighted by Crippen LogP contribution is -2.58. The molecule has 1 aliphatic rings. The lowest BCUT2D eigenvalue weighted by Gasteiger charge is -2.49. The van der Waals surface area contributed by atoms with Gasteiger partial charge in [0.2, 0.25) is 0 Å². The van der Waals surface area contributed by atoms with Gasteiger partial charge in [0.1, 0.15) is 18.5 Å². The lowest BCUT2D eigenvalue weighted by atomic mass is 9.63. The van der Waals surface area contributed by atoms with E-state index >= 15 is 0 Å². The Morgan fingerprint density at radius 1 is 1.11 bits per heavy atom. The zero-order valence-electron chi connectivity index (χ0n) is 19.6. The van der Waals surface area contributed by atoms with Crippen molar-refractivity contribution in [1.82, 2.24) is 19.1 Å². The average molecular weight is 520 g/mol. The third-order valence-corrected chi connectivity index (χ3v) is 6.55. The summed E-state index contributed by atoms with van der Waals surface area (Å²) in [4.78, 5) is 21.8. The van der Waals surface area contributed by atoms with Crippen molar-refractivity contribution in [3.05, 3.63) is 70.9 Å². The fourth-order valence-electron chi connectivity index (χ4n) is 5.22. The normalized spacial score (nSPS) is 21.8. The zero-order chi connectivity index (χ0) is 25.2. The van der Waals surface area contributed by atoms with Gasteiger partial charge >= 0.3 is 6.18 Å². The predicted octanol–water partition coefficient (Wildman–Crippen LogP) is 4.15. The highest BCUT2D eigenvalue weighted by Gasteiger charge is 2.49. The summed E-state index contributed by atoms with van der Waals surface area (Å²) >= 11 is 0. The maximum atomic E-state index is 13.2. The van der Waals surface area contributed by atoms with Crippen molar-refractivity contribution in [1.29, 1.82) is 0 Å². The Morgan fingerprint density at radius 3 is 2.33 bits per heavy atom. The number of pyridine rings is 1. The van der Waals surface area contributed by atoms with Crippen LogP contribution in [0.2, 0.25) is 0 Å². The van der Waals surface area contributed by atoms with Gasteiger partial charge in [0.15, 0.2) is 0 Å². The SMILES string of the molecule is Cl.Cn1c(-c2ccc(C3(N)CC(C)(O)C3)cc2)c(-c2ccccn2)c2c(=O)n(CC(F)(F)F)cnc21. The number of hydrogen-bond donors (Lipinski definition) is 2. The molecule has 4 aromatic rings. The Balaban J connectivity index is 0.00000304. The number of fused-ring (bicyclic) bond motifs is 1. The Hall–Kier alpha value is -3.21. The maximum absolute atomic E-state index is 13.2. The molecule has 0 unspecified atom stereocenters. The second-order valence-electron chi connectivity index (χ2n) is 9.57. The molecule has 7 nitrogen and oxygen atoms in total. The van der Waals surface area contributed by atoms with Crippen molar-refractivity contribution in [2.24, 2.45) is 12.8 Å². The van der Waals surface area contributed by atoms with Crippen LogP contribution in [0.1, 0.15) is 25.3 Å². The molecule has 0 spiro atoms. The average Bonchev–Trinajstić information content (AvgIpc) is 3.07. The topological polar surface area (TPSA) is 99.0 Å². The summed E-state index contributed by atoms with van der Waals surface area (Å²) in [7, 11) is 1.71. The molecule has 5 rings (SSSR count). The number of nitrogens with zero attached hydrogens (tertiary/aromatic N) is 4. The van der Waals surface area contributed by atoms with Crippen LogP contribution in [0.4, 0.5) is 13.2 Å². The van der Waals surface area contributed by atoms with E-state index in [1.54, 1.807) is 42.9 Å². The molecule has 190 valence electrons. The van der Waals surface area contributed by atoms with Crippen molar-refractivity contribution < 1.29 is 18.3 Å². The molecule has 0 saturated heterocycles. The highest BCUT2D eigenvalue weighted by Crippen LogP contribution is 2.46. The minimum absolute atomic E-state index is 0. The molecule has 36 heavy (non-hydrogen) atoms. The smallest absolute Gasteiger partial charge is 0.390 e. The summed E-state index contributed by atoms with van der Waals surface area (Å²) in [5, 5.41) is 10.2. The quantitative estimate of drug-likeness (QED) is 0.422. The Kier molecular flexibility index (Phi) is 6.27. The van der Waals surface area contributed by atoms with E-state index in [2.05, 4.69) is 9.97 Å². The molecule has 11 heteroatoms. The predicted molar refractivity (Wildman–Crippen MR) is 133 cm³/mol. The van der Waals surface area contributed by atoms with Crippen LogP contribution in [-0.2, 0) is 19.1 Å². The van der Waals surface area contributed by atoms with Gasteiger partial charge in [-0.05, 0) is 43.0 Å². The van der Waals surface area contributed by atoms with Gasteiger partial charge in [0.05, 0.1) is 22.4 Å². The van der Waals surface area contributed by atoms with Gasteiger partial charge in [-0.1, -0.05) is 30.3 Å². The van der Waals surface area contributed by atoms with Crippen LogP contribution in [0.3, 0.4) is 0 Å². The number of hydrogen-bond acceptors (Lipinski definition) is 5. The van der Waals surface area contributed by atoms with Crippen molar-refractivity contribution in [2.75, 3.05) is 0 Å². The van der Waals surface area contributed by atoms with E-state index in [4.69, 9.17) is 5.73 Å². The third kappa shape index (κ3) is 4.40. The molecule has 3 heterocycles. The van der Waals surface area contributed by atoms with Crippen LogP contribution >= 0.6 is 12.4 Å². The van der Waals surface area contributed by atoms with Crippen molar-refractivity contribution in [3.63, 3.8) is 0 Å². The van der Waals surface area contributed by atoms with Crippen LogP contribution in [-0.4, -0.2) is 36.0 Å². The molecule has 0 aliphatic heterocycles. The van der Waals surface area contributed by atoms with E-state index in [-0.39, 0.29) is 23.4 Å². The van der Waals surface area contributed by atoms with Gasteiger partial charge < -0.3 is 15.4 Å². The van der Waals surface area contributed by atoms with Crippen molar-refractivity contribution >= 4 is 23.4 Å². The van der Waals surface area contributed by atoms with Crippen LogP contribution in [0.5, 0.6) is 0 Å². The first-order valence-corrected chi connectivity index (χ1v) is 11.1. The highest BCUT2D eigenvalue weighted by atomic mass is 35.5. The molecule has 0 bridgehead atoms. The van der Waals surface area contributed by atoms with Crippen molar-refractivity contribution in [2.45, 2.75) is 43.6 Å². The molecule has 3 aromatic heterocycles. The Labute approximate surface area is 210 Å². The van der Waals surface area contributed by atoms with Crippen LogP contribution in [0.15, 0.2) is 59.8 Å². The molecule has 3 N–H and O–H groups in total. The number of aryl methyl sites for hydroxylation is 1. The molecule has 1 fully saturated rings. The number of alkyl halides is 3. The number of benzene rings is 1. The van der Waals surface area contributed by atoms with Crippen molar-refractivity contribution in [3.8, 4) is 22.5 Å². The molecule has 1 aromatic carbocycles. The molecule has 0 amide bonds. The van der Waals surface area contributed by atoms with Gasteiger partial charge in [0.25, 0.3) is 5.56 Å². The standard InChI is InChI=1S/C25H24F3N5O2.ClH/c1-23(35)11-24(29,12-23)16-8-6-15(7-9-16)20-18(17-5-3-4-10-30-17)19-21(32(20)2)31-14-33(22(19)34)13-25(26,27)28;/h3-10,14,35H,11-13,29H2,1-2H3;1H. The fourth-order valence-corrected chi connectivity index (χ4v) is 5.22.